The minimum Gasteiger partial charge on any atom is -0.467 e. The number of aryl methyl sites for hydroxylation is 1. The summed E-state index contributed by atoms with van der Waals surface area (Å²) in [5.74, 6) is 0.238. The standard InChI is InChI=1S/C16H17N3O2/c1-11-7-13(12(2)19(11)3)8-14(9-17)16(20)18-10-15-5-4-6-21-15/h4-8H,10H2,1-3H3,(H,18,20). The average molecular weight is 283 g/mol. The van der Waals surface area contributed by atoms with Gasteiger partial charge in [0.15, 0.2) is 0 Å². The second kappa shape index (κ2) is 6.14. The number of amides is 1. The summed E-state index contributed by atoms with van der Waals surface area (Å²) in [7, 11) is 1.95. The van der Waals surface area contributed by atoms with Crippen LogP contribution in [0.15, 0.2) is 34.5 Å². The van der Waals surface area contributed by atoms with Crippen molar-refractivity contribution in [2.45, 2.75) is 20.4 Å². The van der Waals surface area contributed by atoms with Gasteiger partial charge in [-0.1, -0.05) is 0 Å². The Labute approximate surface area is 123 Å². The summed E-state index contributed by atoms with van der Waals surface area (Å²) in [5.41, 5.74) is 3.04. The van der Waals surface area contributed by atoms with Crippen molar-refractivity contribution in [1.82, 2.24) is 9.88 Å². The molecule has 21 heavy (non-hydrogen) atoms. The Morgan fingerprint density at radius 2 is 2.29 bits per heavy atom. The second-order valence-corrected chi connectivity index (χ2v) is 4.82. The number of nitrogens with zero attached hydrogens (tertiary/aromatic N) is 2. The van der Waals surface area contributed by atoms with Crippen LogP contribution in [0.1, 0.15) is 22.7 Å². The van der Waals surface area contributed by atoms with Crippen LogP contribution in [0.2, 0.25) is 0 Å². The first-order valence-electron chi connectivity index (χ1n) is 6.58. The van der Waals surface area contributed by atoms with Crippen molar-refractivity contribution in [1.29, 1.82) is 5.26 Å². The predicted octanol–water partition coefficient (Wildman–Crippen LogP) is 2.46. The molecule has 0 aromatic carbocycles. The summed E-state index contributed by atoms with van der Waals surface area (Å²) in [5, 5.41) is 11.8. The summed E-state index contributed by atoms with van der Waals surface area (Å²) in [4.78, 5) is 12.0. The smallest absolute Gasteiger partial charge is 0.262 e. The molecular formula is C16H17N3O2. The maximum absolute atomic E-state index is 12.0. The highest BCUT2D eigenvalue weighted by Crippen LogP contribution is 2.16. The first-order chi connectivity index (χ1) is 10.0. The fourth-order valence-electron chi connectivity index (χ4n) is 2.01. The molecule has 108 valence electrons. The van der Waals surface area contributed by atoms with E-state index in [1.54, 1.807) is 24.5 Å². The summed E-state index contributed by atoms with van der Waals surface area (Å²) >= 11 is 0. The molecule has 1 N–H and O–H groups in total. The SMILES string of the molecule is Cc1cc(C=C(C#N)C(=O)NCc2ccco2)c(C)n1C. The first kappa shape index (κ1) is 14.7. The van der Waals surface area contributed by atoms with Gasteiger partial charge in [-0.3, -0.25) is 4.79 Å². The summed E-state index contributed by atoms with van der Waals surface area (Å²) < 4.78 is 7.15. The third-order valence-electron chi connectivity index (χ3n) is 3.48. The van der Waals surface area contributed by atoms with Crippen molar-refractivity contribution in [3.8, 4) is 6.07 Å². The molecule has 0 unspecified atom stereocenters. The van der Waals surface area contributed by atoms with Gasteiger partial charge in [-0.15, -0.1) is 0 Å². The van der Waals surface area contributed by atoms with Crippen molar-refractivity contribution in [3.05, 3.63) is 52.7 Å². The molecule has 0 bridgehead atoms. The van der Waals surface area contributed by atoms with E-state index < -0.39 is 5.91 Å². The zero-order valence-electron chi connectivity index (χ0n) is 12.3. The molecule has 0 aliphatic heterocycles. The van der Waals surface area contributed by atoms with E-state index in [4.69, 9.17) is 4.42 Å². The van der Waals surface area contributed by atoms with Crippen LogP contribution >= 0.6 is 0 Å². The largest absolute Gasteiger partial charge is 0.467 e. The van der Waals surface area contributed by atoms with E-state index in [0.717, 1.165) is 17.0 Å². The van der Waals surface area contributed by atoms with Gasteiger partial charge in [0.2, 0.25) is 0 Å². The molecule has 2 aromatic heterocycles. The molecule has 0 spiro atoms. The number of nitrogens with one attached hydrogen (secondary N) is 1. The topological polar surface area (TPSA) is 71.0 Å². The Morgan fingerprint density at radius 1 is 1.52 bits per heavy atom. The molecule has 0 saturated carbocycles. The second-order valence-electron chi connectivity index (χ2n) is 4.82. The van der Waals surface area contributed by atoms with Gasteiger partial charge in [0.05, 0.1) is 12.8 Å². The van der Waals surface area contributed by atoms with Crippen LogP contribution in [0.4, 0.5) is 0 Å². The summed E-state index contributed by atoms with van der Waals surface area (Å²) in [6.07, 6.45) is 3.15. The first-order valence-corrected chi connectivity index (χ1v) is 6.58. The highest BCUT2D eigenvalue weighted by atomic mass is 16.3. The van der Waals surface area contributed by atoms with Crippen LogP contribution in [0.3, 0.4) is 0 Å². The van der Waals surface area contributed by atoms with Gasteiger partial charge in [-0.2, -0.15) is 5.26 Å². The monoisotopic (exact) mass is 283 g/mol. The van der Waals surface area contributed by atoms with Crippen LogP contribution in [-0.4, -0.2) is 10.5 Å². The lowest BCUT2D eigenvalue weighted by Gasteiger charge is -2.02. The van der Waals surface area contributed by atoms with Gasteiger partial charge in [0.25, 0.3) is 5.91 Å². The van der Waals surface area contributed by atoms with E-state index in [1.165, 1.54) is 0 Å². The highest BCUT2D eigenvalue weighted by Gasteiger charge is 2.12. The number of nitriles is 1. The average Bonchev–Trinajstić information content (AvgIpc) is 3.07. The number of furan rings is 1. The van der Waals surface area contributed by atoms with Gasteiger partial charge in [-0.25, -0.2) is 0 Å². The number of rotatable bonds is 4. The molecule has 0 fully saturated rings. The van der Waals surface area contributed by atoms with Crippen molar-refractivity contribution >= 4 is 12.0 Å². The third kappa shape index (κ3) is 3.23. The fourth-order valence-corrected chi connectivity index (χ4v) is 2.01. The Kier molecular flexibility index (Phi) is 4.29. The van der Waals surface area contributed by atoms with Gasteiger partial charge < -0.3 is 14.3 Å². The molecule has 5 heteroatoms. The molecule has 5 nitrogen and oxygen atoms in total. The summed E-state index contributed by atoms with van der Waals surface area (Å²) in [6.45, 7) is 4.19. The van der Waals surface area contributed by atoms with Crippen molar-refractivity contribution in [2.75, 3.05) is 0 Å². The van der Waals surface area contributed by atoms with Gasteiger partial charge >= 0.3 is 0 Å². The van der Waals surface area contributed by atoms with Gasteiger partial charge in [0.1, 0.15) is 17.4 Å². The Morgan fingerprint density at radius 3 is 2.81 bits per heavy atom. The zero-order valence-corrected chi connectivity index (χ0v) is 12.3. The minimum absolute atomic E-state index is 0.0789. The molecule has 2 heterocycles. The number of carbonyl (C=O) groups is 1. The molecular weight excluding hydrogens is 266 g/mol. The lowest BCUT2D eigenvalue weighted by atomic mass is 10.1. The van der Waals surface area contributed by atoms with Crippen LogP contribution in [0.25, 0.3) is 6.08 Å². The number of hydrogen-bond acceptors (Lipinski definition) is 3. The molecule has 0 atom stereocenters. The normalized spacial score (nSPS) is 11.2. The Hall–Kier alpha value is -2.74. The zero-order chi connectivity index (χ0) is 15.4. The fraction of sp³-hybridized carbons (Fsp3) is 0.250. The number of aromatic nitrogens is 1. The number of hydrogen-bond donors (Lipinski definition) is 1. The third-order valence-corrected chi connectivity index (χ3v) is 3.48. The van der Waals surface area contributed by atoms with Crippen molar-refractivity contribution < 1.29 is 9.21 Å². The van der Waals surface area contributed by atoms with E-state index in [1.807, 2.05) is 37.6 Å². The highest BCUT2D eigenvalue weighted by molar-refractivity contribution is 6.01. The van der Waals surface area contributed by atoms with E-state index in [-0.39, 0.29) is 12.1 Å². The van der Waals surface area contributed by atoms with Crippen molar-refractivity contribution in [3.63, 3.8) is 0 Å². The van der Waals surface area contributed by atoms with E-state index in [0.29, 0.717) is 5.76 Å². The molecule has 0 aliphatic carbocycles. The van der Waals surface area contributed by atoms with Gasteiger partial charge in [-0.05, 0) is 43.7 Å². The van der Waals surface area contributed by atoms with Crippen LogP contribution in [0, 0.1) is 25.2 Å². The summed E-state index contributed by atoms with van der Waals surface area (Å²) in [6, 6.07) is 7.41. The van der Waals surface area contributed by atoms with Crippen LogP contribution in [0.5, 0.6) is 0 Å². The van der Waals surface area contributed by atoms with Crippen molar-refractivity contribution in [2.24, 2.45) is 7.05 Å². The molecule has 2 aromatic rings. The predicted molar refractivity (Wildman–Crippen MR) is 79.0 cm³/mol. The Balaban J connectivity index is 2.15. The van der Waals surface area contributed by atoms with E-state index >= 15 is 0 Å². The maximum Gasteiger partial charge on any atom is 0.262 e. The van der Waals surface area contributed by atoms with Crippen LogP contribution in [-0.2, 0) is 18.4 Å². The molecule has 0 saturated heterocycles. The van der Waals surface area contributed by atoms with E-state index in [9.17, 15) is 10.1 Å². The Bertz CT molecular complexity index is 716. The molecule has 0 aliphatic rings. The maximum atomic E-state index is 12.0. The number of carbonyl (C=O) groups excluding carboxylic acids is 1. The quantitative estimate of drug-likeness (QED) is 0.692. The molecule has 0 radical (unpaired) electrons. The lowest BCUT2D eigenvalue weighted by Crippen LogP contribution is -2.23. The lowest BCUT2D eigenvalue weighted by molar-refractivity contribution is -0.117. The molecule has 1 amide bonds. The molecule has 2 rings (SSSR count). The van der Waals surface area contributed by atoms with Crippen LogP contribution < -0.4 is 5.32 Å². The minimum atomic E-state index is -0.408. The van der Waals surface area contributed by atoms with E-state index in [2.05, 4.69) is 5.32 Å². The van der Waals surface area contributed by atoms with Gasteiger partial charge in [0, 0.05) is 18.4 Å².